The maximum Gasteiger partial charge on any atom is 0.243 e. The van der Waals surface area contributed by atoms with E-state index in [9.17, 15) is 4.79 Å². The third-order valence-electron chi connectivity index (χ3n) is 5.10. The van der Waals surface area contributed by atoms with Crippen molar-refractivity contribution in [2.24, 2.45) is 4.99 Å². The number of aryl methyl sites for hydroxylation is 1. The van der Waals surface area contributed by atoms with Gasteiger partial charge in [0.25, 0.3) is 0 Å². The Hall–Kier alpha value is -3.28. The SMILES string of the molecule is Cc1cccc2[nH]cc(CCNC(=NCC(=O)N(C)C)NCCc3ccccc3)c12. The van der Waals surface area contributed by atoms with E-state index < -0.39 is 0 Å². The molecule has 1 heterocycles. The standard InChI is InChI=1S/C24H31N5O/c1-18-8-7-11-21-23(18)20(16-27-21)13-15-26-24(28-17-22(30)29(2)3)25-14-12-19-9-5-4-6-10-19/h4-11,16,27H,12-15,17H2,1-3H3,(H2,25,26,28). The second-order valence-electron chi connectivity index (χ2n) is 7.60. The van der Waals surface area contributed by atoms with Crippen LogP contribution in [0.3, 0.4) is 0 Å². The molecule has 2 aromatic carbocycles. The lowest BCUT2D eigenvalue weighted by Gasteiger charge is -2.14. The third kappa shape index (κ3) is 5.86. The number of H-pyrrole nitrogens is 1. The Bertz CT molecular complexity index is 991. The highest BCUT2D eigenvalue weighted by molar-refractivity contribution is 5.87. The number of nitrogens with one attached hydrogen (secondary N) is 3. The molecule has 6 nitrogen and oxygen atoms in total. The molecule has 6 heteroatoms. The molecule has 0 radical (unpaired) electrons. The highest BCUT2D eigenvalue weighted by Crippen LogP contribution is 2.22. The Labute approximate surface area is 178 Å². The van der Waals surface area contributed by atoms with Crippen molar-refractivity contribution in [1.82, 2.24) is 20.5 Å². The largest absolute Gasteiger partial charge is 0.361 e. The molecule has 0 aliphatic carbocycles. The molecule has 0 saturated heterocycles. The number of amides is 1. The van der Waals surface area contributed by atoms with E-state index in [-0.39, 0.29) is 12.5 Å². The molecule has 0 aliphatic rings. The van der Waals surface area contributed by atoms with E-state index >= 15 is 0 Å². The number of carbonyl (C=O) groups is 1. The summed E-state index contributed by atoms with van der Waals surface area (Å²) in [7, 11) is 3.49. The van der Waals surface area contributed by atoms with Gasteiger partial charge >= 0.3 is 0 Å². The van der Waals surface area contributed by atoms with Crippen LogP contribution in [-0.2, 0) is 17.6 Å². The number of aromatic amines is 1. The molecule has 0 saturated carbocycles. The lowest BCUT2D eigenvalue weighted by atomic mass is 10.1. The van der Waals surface area contributed by atoms with Crippen LogP contribution in [0.2, 0.25) is 0 Å². The van der Waals surface area contributed by atoms with Crippen molar-refractivity contribution in [2.45, 2.75) is 19.8 Å². The van der Waals surface area contributed by atoms with Gasteiger partial charge in [0.15, 0.2) is 5.96 Å². The Morgan fingerprint density at radius 1 is 1.00 bits per heavy atom. The summed E-state index contributed by atoms with van der Waals surface area (Å²) in [5.74, 6) is 0.643. The lowest BCUT2D eigenvalue weighted by molar-refractivity contribution is -0.127. The first-order chi connectivity index (χ1) is 14.5. The number of benzene rings is 2. The van der Waals surface area contributed by atoms with Gasteiger partial charge < -0.3 is 20.5 Å². The van der Waals surface area contributed by atoms with Crippen molar-refractivity contribution in [2.75, 3.05) is 33.7 Å². The first-order valence-electron chi connectivity index (χ1n) is 10.4. The second kappa shape index (κ2) is 10.5. The predicted molar refractivity (Wildman–Crippen MR) is 124 cm³/mol. The van der Waals surface area contributed by atoms with E-state index in [2.05, 4.69) is 64.1 Å². The fourth-order valence-electron chi connectivity index (χ4n) is 3.40. The number of hydrogen-bond donors (Lipinski definition) is 3. The normalized spacial score (nSPS) is 11.5. The minimum Gasteiger partial charge on any atom is -0.361 e. The molecule has 3 N–H and O–H groups in total. The van der Waals surface area contributed by atoms with Crippen LogP contribution in [0, 0.1) is 6.92 Å². The maximum absolute atomic E-state index is 11.9. The van der Waals surface area contributed by atoms with Crippen molar-refractivity contribution < 1.29 is 4.79 Å². The lowest BCUT2D eigenvalue weighted by Crippen LogP contribution is -2.40. The van der Waals surface area contributed by atoms with E-state index in [1.54, 1.807) is 19.0 Å². The molecular weight excluding hydrogens is 374 g/mol. The van der Waals surface area contributed by atoms with Crippen molar-refractivity contribution in [1.29, 1.82) is 0 Å². The van der Waals surface area contributed by atoms with Crippen LogP contribution >= 0.6 is 0 Å². The van der Waals surface area contributed by atoms with Crippen LogP contribution in [-0.4, -0.2) is 55.5 Å². The number of hydrogen-bond acceptors (Lipinski definition) is 2. The molecule has 1 aromatic heterocycles. The molecule has 0 spiro atoms. The fraction of sp³-hybridized carbons (Fsp3) is 0.333. The summed E-state index contributed by atoms with van der Waals surface area (Å²) in [5.41, 5.74) is 4.98. The molecule has 158 valence electrons. The third-order valence-corrected chi connectivity index (χ3v) is 5.10. The highest BCUT2D eigenvalue weighted by atomic mass is 16.2. The van der Waals surface area contributed by atoms with E-state index in [0.29, 0.717) is 5.96 Å². The smallest absolute Gasteiger partial charge is 0.243 e. The molecule has 0 unspecified atom stereocenters. The van der Waals surface area contributed by atoms with Crippen LogP contribution in [0.15, 0.2) is 59.7 Å². The highest BCUT2D eigenvalue weighted by Gasteiger charge is 2.08. The molecule has 0 fully saturated rings. The Morgan fingerprint density at radius 2 is 1.73 bits per heavy atom. The molecule has 3 rings (SSSR count). The number of guanidine groups is 1. The molecule has 0 bridgehead atoms. The van der Waals surface area contributed by atoms with Crippen LogP contribution < -0.4 is 10.6 Å². The van der Waals surface area contributed by atoms with E-state index in [4.69, 9.17) is 0 Å². The number of aromatic nitrogens is 1. The monoisotopic (exact) mass is 405 g/mol. The molecule has 1 amide bonds. The minimum absolute atomic E-state index is 0.0218. The number of carbonyl (C=O) groups excluding carboxylic acids is 1. The number of rotatable bonds is 8. The number of fused-ring (bicyclic) bond motifs is 1. The van der Waals surface area contributed by atoms with Crippen LogP contribution in [0.5, 0.6) is 0 Å². The van der Waals surface area contributed by atoms with Gasteiger partial charge in [-0.3, -0.25) is 4.79 Å². The Balaban J connectivity index is 1.59. The predicted octanol–water partition coefficient (Wildman–Crippen LogP) is 2.88. The summed E-state index contributed by atoms with van der Waals surface area (Å²) >= 11 is 0. The van der Waals surface area contributed by atoms with Gasteiger partial charge in [0.2, 0.25) is 5.91 Å². The summed E-state index contributed by atoms with van der Waals surface area (Å²) in [6.07, 6.45) is 3.84. The van der Waals surface area contributed by atoms with Gasteiger partial charge in [0, 0.05) is 44.3 Å². The number of likely N-dealkylation sites (N-methyl/N-ethyl adjacent to an activating group) is 1. The molecule has 0 aliphatic heterocycles. The summed E-state index contributed by atoms with van der Waals surface area (Å²) in [4.78, 5) is 21.3. The average molecular weight is 406 g/mol. The van der Waals surface area contributed by atoms with Crippen LogP contribution in [0.4, 0.5) is 0 Å². The van der Waals surface area contributed by atoms with Crippen LogP contribution in [0.1, 0.15) is 16.7 Å². The Morgan fingerprint density at radius 3 is 2.47 bits per heavy atom. The number of nitrogens with zero attached hydrogens (tertiary/aromatic N) is 2. The van der Waals surface area contributed by atoms with E-state index in [1.165, 1.54) is 22.1 Å². The van der Waals surface area contributed by atoms with Gasteiger partial charge in [-0.1, -0.05) is 42.5 Å². The van der Waals surface area contributed by atoms with Crippen molar-refractivity contribution >= 4 is 22.8 Å². The van der Waals surface area contributed by atoms with E-state index in [1.807, 2.05) is 18.2 Å². The second-order valence-corrected chi connectivity index (χ2v) is 7.60. The molecule has 0 atom stereocenters. The van der Waals surface area contributed by atoms with Gasteiger partial charge in [0.05, 0.1) is 0 Å². The molecule has 3 aromatic rings. The summed E-state index contributed by atoms with van der Waals surface area (Å²) in [6, 6.07) is 16.6. The summed E-state index contributed by atoms with van der Waals surface area (Å²) in [6.45, 7) is 3.74. The maximum atomic E-state index is 11.9. The van der Waals surface area contributed by atoms with Gasteiger partial charge in [-0.2, -0.15) is 0 Å². The topological polar surface area (TPSA) is 72.5 Å². The van der Waals surface area contributed by atoms with Gasteiger partial charge in [-0.25, -0.2) is 4.99 Å². The minimum atomic E-state index is -0.0218. The molecule has 30 heavy (non-hydrogen) atoms. The fourth-order valence-corrected chi connectivity index (χ4v) is 3.40. The summed E-state index contributed by atoms with van der Waals surface area (Å²) in [5, 5.41) is 8.02. The molecular formula is C24H31N5O. The summed E-state index contributed by atoms with van der Waals surface area (Å²) < 4.78 is 0. The van der Waals surface area contributed by atoms with E-state index in [0.717, 1.165) is 31.4 Å². The first-order valence-corrected chi connectivity index (χ1v) is 10.4. The van der Waals surface area contributed by atoms with Gasteiger partial charge in [-0.05, 0) is 42.5 Å². The average Bonchev–Trinajstić information content (AvgIpc) is 3.16. The first kappa shape index (κ1) is 21.4. The van der Waals surface area contributed by atoms with Gasteiger partial charge in [0.1, 0.15) is 6.54 Å². The van der Waals surface area contributed by atoms with Crippen LogP contribution in [0.25, 0.3) is 10.9 Å². The van der Waals surface area contributed by atoms with Crippen molar-refractivity contribution in [3.05, 3.63) is 71.4 Å². The zero-order valence-electron chi connectivity index (χ0n) is 18.0. The zero-order chi connectivity index (χ0) is 21.3. The quantitative estimate of drug-likeness (QED) is 0.399. The zero-order valence-corrected chi connectivity index (χ0v) is 18.0. The van der Waals surface area contributed by atoms with Gasteiger partial charge in [-0.15, -0.1) is 0 Å². The van der Waals surface area contributed by atoms with Crippen molar-refractivity contribution in [3.8, 4) is 0 Å². The Kier molecular flexibility index (Phi) is 7.49. The number of aliphatic imine (C=N–C) groups is 1. The van der Waals surface area contributed by atoms with Crippen molar-refractivity contribution in [3.63, 3.8) is 0 Å².